The van der Waals surface area contributed by atoms with Crippen molar-refractivity contribution >= 4 is 67.0 Å². The minimum Gasteiger partial charge on any atom is -0.389 e. The van der Waals surface area contributed by atoms with Gasteiger partial charge in [-0.05, 0) is 18.2 Å². The lowest BCUT2D eigenvalue weighted by Crippen LogP contribution is -2.20. The number of hydrogen-bond acceptors (Lipinski definition) is 3. The van der Waals surface area contributed by atoms with Crippen LogP contribution in [0.5, 0.6) is 0 Å². The topological polar surface area (TPSA) is 87.1 Å². The standard InChI is InChI=1S/C25H16ClN3O3/c26-11-5-8-14-16(9-11)27-22-18(14)20-21(25(32)28-24(20)31)19-15-3-1-2-4-17(15)29(23(19)22)12-6-7-13(30)10-12/h1-9,12-13,27,30H,10H2,(H,28,31,32)/t12?,13-/m0/s1. The van der Waals surface area contributed by atoms with Gasteiger partial charge in [0.15, 0.2) is 0 Å². The number of fused-ring (bicyclic) bond motifs is 10. The van der Waals surface area contributed by atoms with Gasteiger partial charge >= 0.3 is 0 Å². The van der Waals surface area contributed by atoms with Gasteiger partial charge in [0.05, 0.1) is 34.3 Å². The molecule has 3 aromatic carbocycles. The molecule has 2 aliphatic rings. The van der Waals surface area contributed by atoms with E-state index in [0.717, 1.165) is 38.2 Å². The highest BCUT2D eigenvalue weighted by Crippen LogP contribution is 2.45. The van der Waals surface area contributed by atoms with Crippen LogP contribution in [0.4, 0.5) is 0 Å². The number of allylic oxidation sites excluding steroid dienone is 1. The van der Waals surface area contributed by atoms with E-state index in [1.807, 2.05) is 42.5 Å². The van der Waals surface area contributed by atoms with Gasteiger partial charge in [-0.1, -0.05) is 48.0 Å². The van der Waals surface area contributed by atoms with Crippen molar-refractivity contribution < 1.29 is 14.7 Å². The highest BCUT2D eigenvalue weighted by Gasteiger charge is 2.36. The minimum absolute atomic E-state index is 0.0798. The number of halogens is 1. The SMILES string of the molecule is O=C1NC(=O)c2c1c1c3ccc(Cl)cc3[nH]c1c1c2c2ccccc2n1C1C=C[C@H](O)C1. The molecular formula is C25H16ClN3O3. The lowest BCUT2D eigenvalue weighted by Gasteiger charge is -2.16. The molecule has 7 rings (SSSR count). The van der Waals surface area contributed by atoms with E-state index in [4.69, 9.17) is 11.6 Å². The van der Waals surface area contributed by atoms with Gasteiger partial charge in [0.1, 0.15) is 0 Å². The fourth-order valence-corrected chi connectivity index (χ4v) is 5.67. The van der Waals surface area contributed by atoms with Crippen LogP contribution in [0.1, 0.15) is 33.2 Å². The van der Waals surface area contributed by atoms with Crippen molar-refractivity contribution in [2.75, 3.05) is 0 Å². The molecule has 7 heteroatoms. The number of nitrogens with one attached hydrogen (secondary N) is 2. The Morgan fingerprint density at radius 3 is 2.53 bits per heavy atom. The number of hydrogen-bond donors (Lipinski definition) is 3. The Morgan fingerprint density at radius 2 is 1.75 bits per heavy atom. The van der Waals surface area contributed by atoms with Crippen molar-refractivity contribution in [3.05, 3.63) is 70.8 Å². The third-order valence-electron chi connectivity index (χ3n) is 6.71. The molecule has 0 bridgehead atoms. The van der Waals surface area contributed by atoms with E-state index in [0.29, 0.717) is 28.0 Å². The number of imide groups is 1. The average Bonchev–Trinajstić information content (AvgIpc) is 3.50. The molecule has 1 aliphatic carbocycles. The predicted octanol–water partition coefficient (Wildman–Crippen LogP) is 4.83. The Morgan fingerprint density at radius 1 is 0.969 bits per heavy atom. The number of aliphatic hydroxyl groups excluding tert-OH is 1. The lowest BCUT2D eigenvalue weighted by molar-refractivity contribution is 0.0880. The second-order valence-corrected chi connectivity index (χ2v) is 8.90. The van der Waals surface area contributed by atoms with Gasteiger partial charge in [-0.15, -0.1) is 0 Å². The number of benzene rings is 3. The van der Waals surface area contributed by atoms with Crippen LogP contribution < -0.4 is 5.32 Å². The Kier molecular flexibility index (Phi) is 3.38. The summed E-state index contributed by atoms with van der Waals surface area (Å²) in [6.07, 6.45) is 3.83. The highest BCUT2D eigenvalue weighted by atomic mass is 35.5. The van der Waals surface area contributed by atoms with Crippen LogP contribution in [-0.4, -0.2) is 32.6 Å². The fourth-order valence-electron chi connectivity index (χ4n) is 5.50. The van der Waals surface area contributed by atoms with Gasteiger partial charge in [0.2, 0.25) is 0 Å². The molecule has 3 heterocycles. The molecule has 0 saturated heterocycles. The molecule has 1 unspecified atom stereocenters. The smallest absolute Gasteiger partial charge is 0.259 e. The van der Waals surface area contributed by atoms with Crippen LogP contribution in [0.2, 0.25) is 5.02 Å². The minimum atomic E-state index is -0.521. The van der Waals surface area contributed by atoms with E-state index in [9.17, 15) is 14.7 Å². The first-order chi connectivity index (χ1) is 15.5. The Hall–Kier alpha value is -3.61. The summed E-state index contributed by atoms with van der Waals surface area (Å²) in [7, 11) is 0. The third kappa shape index (κ3) is 2.13. The Balaban J connectivity index is 1.80. The first-order valence-electron chi connectivity index (χ1n) is 10.4. The summed E-state index contributed by atoms with van der Waals surface area (Å²) >= 11 is 6.25. The average molecular weight is 442 g/mol. The predicted molar refractivity (Wildman–Crippen MR) is 124 cm³/mol. The number of carbonyl (C=O) groups is 2. The molecule has 0 saturated carbocycles. The van der Waals surface area contributed by atoms with Gasteiger partial charge in [0.25, 0.3) is 11.8 Å². The number of nitrogens with zero attached hydrogens (tertiary/aromatic N) is 1. The zero-order valence-electron chi connectivity index (χ0n) is 16.6. The summed E-state index contributed by atoms with van der Waals surface area (Å²) in [4.78, 5) is 29.5. The Bertz CT molecular complexity index is 1710. The number of para-hydroxylation sites is 1. The van der Waals surface area contributed by atoms with E-state index in [-0.39, 0.29) is 17.9 Å². The molecule has 0 radical (unpaired) electrons. The van der Waals surface area contributed by atoms with E-state index >= 15 is 0 Å². The second-order valence-electron chi connectivity index (χ2n) is 8.46. The normalized spacial score (nSPS) is 20.3. The first kappa shape index (κ1) is 18.0. The van der Waals surface area contributed by atoms with E-state index in [1.165, 1.54) is 0 Å². The quantitative estimate of drug-likeness (QED) is 0.257. The van der Waals surface area contributed by atoms with Crippen molar-refractivity contribution in [1.29, 1.82) is 0 Å². The van der Waals surface area contributed by atoms with Crippen molar-refractivity contribution in [2.45, 2.75) is 18.6 Å². The molecule has 32 heavy (non-hydrogen) atoms. The summed E-state index contributed by atoms with van der Waals surface area (Å²) in [5.74, 6) is -0.772. The fraction of sp³-hybridized carbons (Fsp3) is 0.120. The molecule has 2 amide bonds. The molecule has 0 fully saturated rings. The summed E-state index contributed by atoms with van der Waals surface area (Å²) in [6.45, 7) is 0. The molecule has 3 N–H and O–H groups in total. The largest absolute Gasteiger partial charge is 0.389 e. The number of aromatic amines is 1. The third-order valence-corrected chi connectivity index (χ3v) is 6.94. The number of amides is 2. The van der Waals surface area contributed by atoms with Crippen LogP contribution in [0.15, 0.2) is 54.6 Å². The van der Waals surface area contributed by atoms with Gasteiger partial charge in [-0.3, -0.25) is 14.9 Å². The summed E-state index contributed by atoms with van der Waals surface area (Å²) in [5, 5.41) is 16.5. The number of H-pyrrole nitrogens is 1. The van der Waals surface area contributed by atoms with E-state index in [1.54, 1.807) is 12.1 Å². The van der Waals surface area contributed by atoms with Crippen LogP contribution in [0.25, 0.3) is 43.6 Å². The maximum absolute atomic E-state index is 13.0. The number of aliphatic hydroxyl groups is 1. The number of rotatable bonds is 1. The first-order valence-corrected chi connectivity index (χ1v) is 10.8. The summed E-state index contributed by atoms with van der Waals surface area (Å²) in [6, 6.07) is 13.3. The monoisotopic (exact) mass is 441 g/mol. The molecule has 0 spiro atoms. The van der Waals surface area contributed by atoms with Gasteiger partial charge in [-0.25, -0.2) is 0 Å². The Labute approximate surface area is 186 Å². The molecule has 5 aromatic rings. The van der Waals surface area contributed by atoms with E-state index in [2.05, 4.69) is 14.9 Å². The number of aromatic nitrogens is 2. The molecule has 6 nitrogen and oxygen atoms in total. The van der Waals surface area contributed by atoms with Crippen molar-refractivity contribution in [1.82, 2.24) is 14.9 Å². The number of carbonyl (C=O) groups excluding carboxylic acids is 2. The maximum Gasteiger partial charge on any atom is 0.259 e. The van der Waals surface area contributed by atoms with Gasteiger partial charge in [0, 0.05) is 44.0 Å². The van der Waals surface area contributed by atoms with Crippen LogP contribution in [0.3, 0.4) is 0 Å². The molecule has 156 valence electrons. The van der Waals surface area contributed by atoms with Crippen molar-refractivity contribution in [2.24, 2.45) is 0 Å². The molecule has 1 aliphatic heterocycles. The highest BCUT2D eigenvalue weighted by molar-refractivity contribution is 6.39. The maximum atomic E-state index is 13.0. The summed E-state index contributed by atoms with van der Waals surface area (Å²) < 4.78 is 2.17. The van der Waals surface area contributed by atoms with Crippen LogP contribution in [0, 0.1) is 0 Å². The van der Waals surface area contributed by atoms with E-state index < -0.39 is 6.10 Å². The zero-order chi connectivity index (χ0) is 21.7. The second kappa shape index (κ2) is 6.00. The van der Waals surface area contributed by atoms with Crippen LogP contribution >= 0.6 is 11.6 Å². The van der Waals surface area contributed by atoms with Crippen molar-refractivity contribution in [3.8, 4) is 0 Å². The van der Waals surface area contributed by atoms with Crippen LogP contribution in [-0.2, 0) is 0 Å². The molecule has 2 aromatic heterocycles. The van der Waals surface area contributed by atoms with Gasteiger partial charge in [-0.2, -0.15) is 0 Å². The molecular weight excluding hydrogens is 426 g/mol. The van der Waals surface area contributed by atoms with Crippen molar-refractivity contribution in [3.63, 3.8) is 0 Å². The zero-order valence-corrected chi connectivity index (χ0v) is 17.4. The molecule has 2 atom stereocenters. The summed E-state index contributed by atoms with van der Waals surface area (Å²) in [5.41, 5.74) is 4.19. The van der Waals surface area contributed by atoms with Gasteiger partial charge < -0.3 is 14.7 Å². The lowest BCUT2D eigenvalue weighted by atomic mass is 9.96.